The Morgan fingerprint density at radius 1 is 1.12 bits per heavy atom. The quantitative estimate of drug-likeness (QED) is 0.871. The molecule has 0 aliphatic heterocycles. The van der Waals surface area contributed by atoms with Crippen LogP contribution in [0.3, 0.4) is 0 Å². The average Bonchev–Trinajstić information content (AvgIpc) is 2.70. The van der Waals surface area contributed by atoms with Crippen molar-refractivity contribution in [1.82, 2.24) is 0 Å². The van der Waals surface area contributed by atoms with Crippen LogP contribution in [0.5, 0.6) is 0 Å². The Hall–Kier alpha value is -1.12. The van der Waals surface area contributed by atoms with Gasteiger partial charge in [0.25, 0.3) is 0 Å². The number of hydrogen-bond donors (Lipinski definition) is 1. The zero-order valence-electron chi connectivity index (χ0n) is 10.7. The van der Waals surface area contributed by atoms with E-state index >= 15 is 0 Å². The van der Waals surface area contributed by atoms with Gasteiger partial charge in [-0.1, -0.05) is 18.2 Å². The van der Waals surface area contributed by atoms with E-state index in [9.17, 15) is 0 Å². The molecule has 1 unspecified atom stereocenters. The molecule has 1 aromatic heterocycles. The fraction of sp³-hybridized carbons (Fsp3) is 0.333. The molecule has 0 saturated heterocycles. The van der Waals surface area contributed by atoms with Gasteiger partial charge in [0.2, 0.25) is 0 Å². The summed E-state index contributed by atoms with van der Waals surface area (Å²) in [6.45, 7) is 6.41. The smallest absolute Gasteiger partial charge is 0.0344 e. The Morgan fingerprint density at radius 3 is 2.47 bits per heavy atom. The maximum atomic E-state index is 6.24. The maximum absolute atomic E-state index is 6.24. The molecule has 0 aliphatic rings. The van der Waals surface area contributed by atoms with Gasteiger partial charge in [-0.15, -0.1) is 11.3 Å². The number of aryl methyl sites for hydroxylation is 3. The van der Waals surface area contributed by atoms with Crippen LogP contribution in [0.4, 0.5) is 0 Å². The van der Waals surface area contributed by atoms with Crippen LogP contribution in [-0.4, -0.2) is 0 Å². The van der Waals surface area contributed by atoms with Crippen LogP contribution >= 0.6 is 11.3 Å². The molecule has 0 bridgehead atoms. The summed E-state index contributed by atoms with van der Waals surface area (Å²) < 4.78 is 0. The topological polar surface area (TPSA) is 26.0 Å². The van der Waals surface area contributed by atoms with Crippen molar-refractivity contribution >= 4 is 11.3 Å². The predicted molar refractivity (Wildman–Crippen MR) is 75.6 cm³/mol. The number of thiophene rings is 1. The van der Waals surface area contributed by atoms with Gasteiger partial charge in [-0.3, -0.25) is 0 Å². The van der Waals surface area contributed by atoms with Crippen molar-refractivity contribution in [3.63, 3.8) is 0 Å². The molecule has 1 atom stereocenters. The zero-order valence-corrected chi connectivity index (χ0v) is 11.5. The molecule has 0 fully saturated rings. The highest BCUT2D eigenvalue weighted by molar-refractivity contribution is 7.10. The van der Waals surface area contributed by atoms with Crippen molar-refractivity contribution in [3.8, 4) is 0 Å². The molecular weight excluding hydrogens is 226 g/mol. The normalized spacial score (nSPS) is 12.7. The summed E-state index contributed by atoms with van der Waals surface area (Å²) in [7, 11) is 0. The van der Waals surface area contributed by atoms with Gasteiger partial charge in [0.05, 0.1) is 0 Å². The minimum absolute atomic E-state index is 0.113. The number of hydrogen-bond acceptors (Lipinski definition) is 2. The van der Waals surface area contributed by atoms with Gasteiger partial charge in [0.1, 0.15) is 0 Å². The first-order valence-electron chi connectivity index (χ1n) is 5.93. The Kier molecular flexibility index (Phi) is 3.65. The number of benzene rings is 1. The minimum Gasteiger partial charge on any atom is -0.324 e. The molecule has 0 aliphatic carbocycles. The van der Waals surface area contributed by atoms with E-state index in [1.807, 2.05) is 0 Å². The summed E-state index contributed by atoms with van der Waals surface area (Å²) in [5.41, 5.74) is 11.5. The molecule has 0 amide bonds. The van der Waals surface area contributed by atoms with Crippen molar-refractivity contribution in [2.45, 2.75) is 33.2 Å². The highest BCUT2D eigenvalue weighted by atomic mass is 32.1. The van der Waals surface area contributed by atoms with Gasteiger partial charge >= 0.3 is 0 Å². The lowest BCUT2D eigenvalue weighted by Gasteiger charge is -2.11. The lowest BCUT2D eigenvalue weighted by Crippen LogP contribution is -2.12. The van der Waals surface area contributed by atoms with E-state index in [0.29, 0.717) is 0 Å². The Balaban J connectivity index is 2.12. The van der Waals surface area contributed by atoms with Gasteiger partial charge < -0.3 is 5.73 Å². The Morgan fingerprint density at radius 2 is 1.88 bits per heavy atom. The largest absolute Gasteiger partial charge is 0.324 e. The van der Waals surface area contributed by atoms with Gasteiger partial charge in [0, 0.05) is 10.9 Å². The molecule has 0 radical (unpaired) electrons. The van der Waals surface area contributed by atoms with Crippen LogP contribution in [0.25, 0.3) is 0 Å². The van der Waals surface area contributed by atoms with E-state index in [4.69, 9.17) is 5.73 Å². The Bertz CT molecular complexity index is 513. The summed E-state index contributed by atoms with van der Waals surface area (Å²) in [5.74, 6) is 0. The van der Waals surface area contributed by atoms with E-state index in [1.54, 1.807) is 11.3 Å². The van der Waals surface area contributed by atoms with Gasteiger partial charge in [-0.05, 0) is 60.9 Å². The highest BCUT2D eigenvalue weighted by Gasteiger charge is 2.09. The predicted octanol–water partition coefficient (Wildman–Crippen LogP) is 3.92. The SMILES string of the molecule is Cc1cc(C(N)Cc2ccc(C)c(C)c2)cs1. The van der Waals surface area contributed by atoms with Crippen LogP contribution < -0.4 is 5.73 Å². The van der Waals surface area contributed by atoms with Crippen LogP contribution in [-0.2, 0) is 6.42 Å². The fourth-order valence-corrected chi connectivity index (χ4v) is 2.73. The molecule has 2 heteroatoms. The Labute approximate surface area is 107 Å². The van der Waals surface area contributed by atoms with Crippen molar-refractivity contribution < 1.29 is 0 Å². The molecule has 1 aromatic carbocycles. The molecule has 2 N–H and O–H groups in total. The summed E-state index contributed by atoms with van der Waals surface area (Å²) in [5, 5.41) is 2.17. The van der Waals surface area contributed by atoms with Gasteiger partial charge in [-0.25, -0.2) is 0 Å². The van der Waals surface area contributed by atoms with E-state index in [-0.39, 0.29) is 6.04 Å². The first kappa shape index (κ1) is 12.3. The molecular formula is C15H19NS. The third kappa shape index (κ3) is 2.96. The monoisotopic (exact) mass is 245 g/mol. The van der Waals surface area contributed by atoms with Crippen molar-refractivity contribution in [1.29, 1.82) is 0 Å². The molecule has 1 nitrogen and oxygen atoms in total. The molecule has 0 saturated carbocycles. The molecule has 2 aromatic rings. The summed E-state index contributed by atoms with van der Waals surface area (Å²) in [4.78, 5) is 1.33. The third-order valence-corrected chi connectivity index (χ3v) is 4.09. The fourth-order valence-electron chi connectivity index (χ4n) is 1.96. The highest BCUT2D eigenvalue weighted by Crippen LogP contribution is 2.22. The second-order valence-electron chi connectivity index (χ2n) is 4.72. The van der Waals surface area contributed by atoms with Crippen LogP contribution in [0.1, 0.15) is 33.2 Å². The first-order valence-corrected chi connectivity index (χ1v) is 6.81. The molecule has 17 heavy (non-hydrogen) atoms. The summed E-state index contributed by atoms with van der Waals surface area (Å²) in [6, 6.07) is 8.91. The lowest BCUT2D eigenvalue weighted by atomic mass is 9.98. The lowest BCUT2D eigenvalue weighted by molar-refractivity contribution is 0.724. The van der Waals surface area contributed by atoms with Crippen LogP contribution in [0, 0.1) is 20.8 Å². The first-order chi connectivity index (χ1) is 8.06. The van der Waals surface area contributed by atoms with E-state index in [0.717, 1.165) is 6.42 Å². The van der Waals surface area contributed by atoms with Crippen molar-refractivity contribution in [2.24, 2.45) is 5.73 Å². The summed E-state index contributed by atoms with van der Waals surface area (Å²) in [6.07, 6.45) is 0.914. The minimum atomic E-state index is 0.113. The zero-order chi connectivity index (χ0) is 12.4. The van der Waals surface area contributed by atoms with Crippen LogP contribution in [0.2, 0.25) is 0 Å². The second-order valence-corrected chi connectivity index (χ2v) is 5.84. The maximum Gasteiger partial charge on any atom is 0.0344 e. The standard InChI is InChI=1S/C15H19NS/c1-10-4-5-13(6-11(10)2)8-15(16)14-7-12(3)17-9-14/h4-7,9,15H,8,16H2,1-3H3. The van der Waals surface area contributed by atoms with Gasteiger partial charge in [0.15, 0.2) is 0 Å². The average molecular weight is 245 g/mol. The molecule has 90 valence electrons. The molecule has 0 spiro atoms. The number of rotatable bonds is 3. The molecule has 1 heterocycles. The third-order valence-electron chi connectivity index (χ3n) is 3.21. The van der Waals surface area contributed by atoms with Crippen molar-refractivity contribution in [2.75, 3.05) is 0 Å². The van der Waals surface area contributed by atoms with E-state index in [1.165, 1.54) is 27.1 Å². The van der Waals surface area contributed by atoms with Gasteiger partial charge in [-0.2, -0.15) is 0 Å². The van der Waals surface area contributed by atoms with Crippen molar-refractivity contribution in [3.05, 3.63) is 56.8 Å². The second kappa shape index (κ2) is 5.03. The van der Waals surface area contributed by atoms with E-state index in [2.05, 4.69) is 50.4 Å². The molecule has 2 rings (SSSR count). The summed E-state index contributed by atoms with van der Waals surface area (Å²) >= 11 is 1.77. The number of nitrogens with two attached hydrogens (primary N) is 1. The van der Waals surface area contributed by atoms with Crippen LogP contribution in [0.15, 0.2) is 29.6 Å². The van der Waals surface area contributed by atoms with E-state index < -0.39 is 0 Å².